The van der Waals surface area contributed by atoms with Crippen LogP contribution in [0.1, 0.15) is 25.3 Å². The van der Waals surface area contributed by atoms with Crippen molar-refractivity contribution in [2.45, 2.75) is 19.8 Å². The zero-order valence-corrected chi connectivity index (χ0v) is 10.5. The molecule has 0 aliphatic heterocycles. The second-order valence-electron chi connectivity index (χ2n) is 3.60. The molecule has 0 bridgehead atoms. The van der Waals surface area contributed by atoms with Crippen LogP contribution in [-0.2, 0) is 0 Å². The summed E-state index contributed by atoms with van der Waals surface area (Å²) in [5, 5.41) is 11.7. The lowest BCUT2D eigenvalue weighted by atomic mass is 10.0. The predicted molar refractivity (Wildman–Crippen MR) is 69.9 cm³/mol. The lowest BCUT2D eigenvalue weighted by Gasteiger charge is -2.05. The van der Waals surface area contributed by atoms with Crippen molar-refractivity contribution in [2.24, 2.45) is 4.99 Å². The lowest BCUT2D eigenvalue weighted by Crippen LogP contribution is -2.12. The molecule has 0 radical (unpaired) electrons. The summed E-state index contributed by atoms with van der Waals surface area (Å²) in [6.45, 7) is 4.31. The Labute approximate surface area is 101 Å². The highest BCUT2D eigenvalue weighted by molar-refractivity contribution is 8.13. The summed E-state index contributed by atoms with van der Waals surface area (Å²) in [5.74, 6) is 0.523. The Hall–Kier alpha value is -1.47. The maximum absolute atomic E-state index is 8.51. The monoisotopic (exact) mass is 233 g/mol. The van der Waals surface area contributed by atoms with Gasteiger partial charge >= 0.3 is 0 Å². The van der Waals surface area contributed by atoms with E-state index in [0.717, 1.165) is 5.69 Å². The molecule has 0 fully saturated rings. The van der Waals surface area contributed by atoms with Crippen LogP contribution in [0.3, 0.4) is 0 Å². The average Bonchev–Trinajstić information content (AvgIpc) is 2.29. The molecule has 0 saturated heterocycles. The molecule has 1 rings (SSSR count). The van der Waals surface area contributed by atoms with Gasteiger partial charge in [0.1, 0.15) is 0 Å². The van der Waals surface area contributed by atoms with Gasteiger partial charge in [-0.15, -0.1) is 0 Å². The normalized spacial score (nSPS) is 11.3. The predicted octanol–water partition coefficient (Wildman–Crippen LogP) is 3.23. The summed E-state index contributed by atoms with van der Waals surface area (Å²) in [6.07, 6.45) is 3.75. The van der Waals surface area contributed by atoms with Crippen molar-refractivity contribution in [2.75, 3.05) is 6.26 Å². The van der Waals surface area contributed by atoms with Gasteiger partial charge in [0, 0.05) is 0 Å². The summed E-state index contributed by atoms with van der Waals surface area (Å²) in [4.78, 5) is 4.31. The van der Waals surface area contributed by atoms with E-state index in [0.29, 0.717) is 11.1 Å². The molecular formula is C12H15N3S. The van der Waals surface area contributed by atoms with E-state index in [-0.39, 0.29) is 0 Å². The van der Waals surface area contributed by atoms with Crippen molar-refractivity contribution in [3.63, 3.8) is 0 Å². The number of aliphatic imine (C=N–C) groups is 1. The fourth-order valence-corrected chi connectivity index (χ4v) is 1.57. The molecule has 1 aromatic rings. The third kappa shape index (κ3) is 3.59. The molecule has 0 heterocycles. The summed E-state index contributed by atoms with van der Waals surface area (Å²) in [7, 11) is 0. The second kappa shape index (κ2) is 6.19. The Balaban J connectivity index is 2.86. The fourth-order valence-electron chi connectivity index (χ4n) is 1.22. The standard InChI is InChI=1S/C12H15N3S/c1-9(2)10-4-6-11(7-5-10)15-12(16-3)14-8-13/h4-7,9H,1-3H3,(H,14,15). The topological polar surface area (TPSA) is 48.2 Å². The smallest absolute Gasteiger partial charge is 0.183 e. The molecule has 0 aliphatic carbocycles. The molecule has 1 N–H and O–H groups in total. The summed E-state index contributed by atoms with van der Waals surface area (Å²) in [5.41, 5.74) is 2.15. The minimum Gasteiger partial charge on any atom is -0.271 e. The number of benzene rings is 1. The molecule has 0 atom stereocenters. The number of hydrogen-bond donors (Lipinski definition) is 1. The van der Waals surface area contributed by atoms with Gasteiger partial charge in [-0.2, -0.15) is 5.26 Å². The van der Waals surface area contributed by atoms with Crippen LogP contribution >= 0.6 is 11.8 Å². The third-order valence-corrected chi connectivity index (χ3v) is 2.73. The first kappa shape index (κ1) is 12.6. The van der Waals surface area contributed by atoms with Gasteiger partial charge in [0.05, 0.1) is 5.69 Å². The molecule has 16 heavy (non-hydrogen) atoms. The maximum Gasteiger partial charge on any atom is 0.183 e. The molecule has 0 aromatic heterocycles. The first-order valence-electron chi connectivity index (χ1n) is 5.05. The Bertz CT molecular complexity index is 401. The van der Waals surface area contributed by atoms with Gasteiger partial charge in [-0.3, -0.25) is 5.32 Å². The van der Waals surface area contributed by atoms with E-state index in [4.69, 9.17) is 5.26 Å². The van der Waals surface area contributed by atoms with E-state index in [9.17, 15) is 0 Å². The van der Waals surface area contributed by atoms with Crippen LogP contribution < -0.4 is 5.32 Å². The van der Waals surface area contributed by atoms with Crippen molar-refractivity contribution in [3.05, 3.63) is 29.8 Å². The van der Waals surface area contributed by atoms with E-state index < -0.39 is 0 Å². The van der Waals surface area contributed by atoms with Gasteiger partial charge in [-0.25, -0.2) is 4.99 Å². The van der Waals surface area contributed by atoms with Crippen molar-refractivity contribution in [3.8, 4) is 6.19 Å². The lowest BCUT2D eigenvalue weighted by molar-refractivity contribution is 0.867. The van der Waals surface area contributed by atoms with Crippen LogP contribution in [0.2, 0.25) is 0 Å². The highest BCUT2D eigenvalue weighted by Gasteiger charge is 1.99. The number of nitrogens with zero attached hydrogens (tertiary/aromatic N) is 2. The largest absolute Gasteiger partial charge is 0.271 e. The van der Waals surface area contributed by atoms with Crippen LogP contribution in [0, 0.1) is 11.5 Å². The van der Waals surface area contributed by atoms with Crippen molar-refractivity contribution < 1.29 is 0 Å². The molecule has 84 valence electrons. The summed E-state index contributed by atoms with van der Waals surface area (Å²) in [6, 6.07) is 8.05. The molecular weight excluding hydrogens is 218 g/mol. The van der Waals surface area contributed by atoms with Gasteiger partial charge in [0.2, 0.25) is 0 Å². The summed E-state index contributed by atoms with van der Waals surface area (Å²) < 4.78 is 0. The van der Waals surface area contributed by atoms with Gasteiger partial charge in [-0.05, 0) is 29.9 Å². The Morgan fingerprint density at radius 3 is 2.44 bits per heavy atom. The highest BCUT2D eigenvalue weighted by Crippen LogP contribution is 2.19. The number of thioether (sulfide) groups is 1. The average molecular weight is 233 g/mol. The van der Waals surface area contributed by atoms with E-state index in [2.05, 4.69) is 36.3 Å². The summed E-state index contributed by atoms with van der Waals surface area (Å²) >= 11 is 1.42. The Morgan fingerprint density at radius 2 is 2.00 bits per heavy atom. The van der Waals surface area contributed by atoms with E-state index in [1.54, 1.807) is 0 Å². The van der Waals surface area contributed by atoms with Gasteiger partial charge < -0.3 is 0 Å². The van der Waals surface area contributed by atoms with E-state index in [1.807, 2.05) is 24.6 Å². The Kier molecular flexibility index (Phi) is 4.87. The molecule has 0 saturated carbocycles. The number of nitrogens with one attached hydrogen (secondary N) is 1. The Morgan fingerprint density at radius 1 is 1.38 bits per heavy atom. The molecule has 4 heteroatoms. The number of nitriles is 1. The number of rotatable bonds is 2. The quantitative estimate of drug-likeness (QED) is 0.369. The molecule has 0 aliphatic rings. The van der Waals surface area contributed by atoms with Crippen LogP contribution in [0.25, 0.3) is 0 Å². The first-order valence-corrected chi connectivity index (χ1v) is 6.27. The SMILES string of the molecule is CSC(=Nc1ccc(C(C)C)cc1)NC#N. The maximum atomic E-state index is 8.51. The van der Waals surface area contributed by atoms with Crippen LogP contribution in [-0.4, -0.2) is 11.4 Å². The molecule has 0 spiro atoms. The first-order chi connectivity index (χ1) is 7.67. The molecule has 1 aromatic carbocycles. The number of amidine groups is 1. The minimum atomic E-state index is 0.523. The van der Waals surface area contributed by atoms with Gasteiger partial charge in [-0.1, -0.05) is 37.7 Å². The molecule has 3 nitrogen and oxygen atoms in total. The van der Waals surface area contributed by atoms with Gasteiger partial charge in [0.25, 0.3) is 0 Å². The van der Waals surface area contributed by atoms with Crippen molar-refractivity contribution in [1.82, 2.24) is 5.32 Å². The van der Waals surface area contributed by atoms with Crippen LogP contribution in [0.15, 0.2) is 29.3 Å². The highest BCUT2D eigenvalue weighted by atomic mass is 32.2. The minimum absolute atomic E-state index is 0.523. The van der Waals surface area contributed by atoms with Crippen molar-refractivity contribution >= 4 is 22.6 Å². The van der Waals surface area contributed by atoms with Crippen LogP contribution in [0.4, 0.5) is 5.69 Å². The van der Waals surface area contributed by atoms with E-state index in [1.165, 1.54) is 17.3 Å². The van der Waals surface area contributed by atoms with Crippen molar-refractivity contribution in [1.29, 1.82) is 5.26 Å². The van der Waals surface area contributed by atoms with Gasteiger partial charge in [0.15, 0.2) is 11.4 Å². The van der Waals surface area contributed by atoms with Crippen LogP contribution in [0.5, 0.6) is 0 Å². The second-order valence-corrected chi connectivity index (χ2v) is 4.40. The zero-order valence-electron chi connectivity index (χ0n) is 9.69. The molecule has 0 amide bonds. The molecule has 0 unspecified atom stereocenters. The fraction of sp³-hybridized carbons (Fsp3) is 0.333. The number of hydrogen-bond acceptors (Lipinski definition) is 3. The third-order valence-electron chi connectivity index (χ3n) is 2.15. The zero-order chi connectivity index (χ0) is 12.0. The van der Waals surface area contributed by atoms with E-state index >= 15 is 0 Å².